The van der Waals surface area contributed by atoms with E-state index in [1.807, 2.05) is 0 Å². The molecule has 114 valence electrons. The van der Waals surface area contributed by atoms with Gasteiger partial charge in [-0.1, -0.05) is 0 Å². The largest absolute Gasteiger partial charge is 0.416 e. The van der Waals surface area contributed by atoms with E-state index in [4.69, 9.17) is 5.73 Å². The summed E-state index contributed by atoms with van der Waals surface area (Å²) in [6, 6.07) is 1.64. The third-order valence-corrected chi connectivity index (χ3v) is 3.72. The number of nitrogens with two attached hydrogens (primary N) is 1. The van der Waals surface area contributed by atoms with Crippen molar-refractivity contribution in [1.29, 1.82) is 0 Å². The zero-order valence-electron chi connectivity index (χ0n) is 11.0. The van der Waals surface area contributed by atoms with Crippen molar-refractivity contribution >= 4 is 17.7 Å². The van der Waals surface area contributed by atoms with Crippen LogP contribution in [0.4, 0.5) is 29.6 Å². The van der Waals surface area contributed by atoms with Crippen molar-refractivity contribution in [2.24, 2.45) is 0 Å². The van der Waals surface area contributed by atoms with Crippen LogP contribution in [0.15, 0.2) is 12.1 Å². The molecule has 1 aromatic rings. The van der Waals surface area contributed by atoms with E-state index in [2.05, 4.69) is 10.3 Å². The van der Waals surface area contributed by atoms with Crippen LogP contribution in [0.1, 0.15) is 5.56 Å². The molecule has 2 amide bonds. The Morgan fingerprint density at radius 1 is 1.33 bits per heavy atom. The molecule has 1 unspecified atom stereocenters. The monoisotopic (exact) mass is 301 g/mol. The molecule has 2 fully saturated rings. The SMILES string of the molecule is Nc1cc(C(F)(F)F)cc(N2CCN3C(=O)NCC3C2)n1. The van der Waals surface area contributed by atoms with E-state index < -0.39 is 11.7 Å². The summed E-state index contributed by atoms with van der Waals surface area (Å²) in [5.74, 6) is 0.0317. The minimum Gasteiger partial charge on any atom is -0.384 e. The summed E-state index contributed by atoms with van der Waals surface area (Å²) in [6.07, 6.45) is -4.46. The van der Waals surface area contributed by atoms with E-state index in [-0.39, 0.29) is 23.7 Å². The van der Waals surface area contributed by atoms with Gasteiger partial charge in [-0.25, -0.2) is 9.78 Å². The van der Waals surface area contributed by atoms with E-state index in [0.29, 0.717) is 26.2 Å². The minimum absolute atomic E-state index is 0.0520. The highest BCUT2D eigenvalue weighted by atomic mass is 19.4. The van der Waals surface area contributed by atoms with Crippen molar-refractivity contribution < 1.29 is 18.0 Å². The first kappa shape index (κ1) is 13.8. The molecule has 2 aliphatic heterocycles. The lowest BCUT2D eigenvalue weighted by Crippen LogP contribution is -2.52. The fourth-order valence-corrected chi connectivity index (χ4v) is 2.67. The van der Waals surface area contributed by atoms with Gasteiger partial charge in [-0.05, 0) is 12.1 Å². The number of pyridine rings is 1. The van der Waals surface area contributed by atoms with Crippen molar-refractivity contribution in [2.45, 2.75) is 12.2 Å². The molecule has 2 aliphatic rings. The van der Waals surface area contributed by atoms with Crippen LogP contribution in [-0.4, -0.2) is 48.1 Å². The first-order valence-electron chi connectivity index (χ1n) is 6.49. The highest BCUT2D eigenvalue weighted by molar-refractivity contribution is 5.77. The third kappa shape index (κ3) is 2.55. The zero-order chi connectivity index (χ0) is 15.2. The normalized spacial score (nSPS) is 22.2. The highest BCUT2D eigenvalue weighted by Gasteiger charge is 2.37. The van der Waals surface area contributed by atoms with Gasteiger partial charge in [0.2, 0.25) is 0 Å². The Labute approximate surface area is 118 Å². The lowest BCUT2D eigenvalue weighted by atomic mass is 10.1. The van der Waals surface area contributed by atoms with Crippen LogP contribution in [0, 0.1) is 0 Å². The van der Waals surface area contributed by atoms with E-state index >= 15 is 0 Å². The summed E-state index contributed by atoms with van der Waals surface area (Å²) in [5.41, 5.74) is 4.66. The number of halogens is 3. The number of hydrogen-bond donors (Lipinski definition) is 2. The maximum atomic E-state index is 12.8. The fourth-order valence-electron chi connectivity index (χ4n) is 2.67. The molecule has 21 heavy (non-hydrogen) atoms. The summed E-state index contributed by atoms with van der Waals surface area (Å²) >= 11 is 0. The van der Waals surface area contributed by atoms with Crippen molar-refractivity contribution in [1.82, 2.24) is 15.2 Å². The number of anilines is 2. The van der Waals surface area contributed by atoms with Gasteiger partial charge in [-0.3, -0.25) is 0 Å². The second kappa shape index (κ2) is 4.68. The van der Waals surface area contributed by atoms with Gasteiger partial charge in [0, 0.05) is 26.2 Å². The quantitative estimate of drug-likeness (QED) is 0.808. The molecule has 3 N–H and O–H groups in total. The number of alkyl halides is 3. The first-order valence-corrected chi connectivity index (χ1v) is 6.49. The van der Waals surface area contributed by atoms with Gasteiger partial charge < -0.3 is 20.9 Å². The first-order chi connectivity index (χ1) is 9.84. The number of carbonyl (C=O) groups excluding carboxylic acids is 1. The van der Waals surface area contributed by atoms with Crippen molar-refractivity contribution in [3.63, 3.8) is 0 Å². The van der Waals surface area contributed by atoms with Gasteiger partial charge in [-0.2, -0.15) is 13.2 Å². The lowest BCUT2D eigenvalue weighted by molar-refractivity contribution is -0.137. The molecule has 2 saturated heterocycles. The fraction of sp³-hybridized carbons (Fsp3) is 0.500. The van der Waals surface area contributed by atoms with Gasteiger partial charge >= 0.3 is 12.2 Å². The maximum absolute atomic E-state index is 12.8. The van der Waals surface area contributed by atoms with Crippen molar-refractivity contribution in [2.75, 3.05) is 36.8 Å². The molecule has 0 aromatic carbocycles. The second-order valence-corrected chi connectivity index (χ2v) is 5.12. The van der Waals surface area contributed by atoms with Crippen LogP contribution in [0.3, 0.4) is 0 Å². The number of hydrogen-bond acceptors (Lipinski definition) is 4. The Bertz CT molecular complexity index is 577. The molecule has 3 rings (SSSR count). The van der Waals surface area contributed by atoms with Crippen LogP contribution in [0.2, 0.25) is 0 Å². The molecular formula is C12H14F3N5O. The van der Waals surface area contributed by atoms with Gasteiger partial charge in [0.15, 0.2) is 0 Å². The number of rotatable bonds is 1. The molecule has 9 heteroatoms. The number of carbonyl (C=O) groups is 1. The summed E-state index contributed by atoms with van der Waals surface area (Å²) in [4.78, 5) is 18.9. The summed E-state index contributed by atoms with van der Waals surface area (Å²) in [5, 5.41) is 2.72. The van der Waals surface area contributed by atoms with E-state index in [1.54, 1.807) is 9.80 Å². The van der Waals surface area contributed by atoms with E-state index in [9.17, 15) is 18.0 Å². The number of amides is 2. The Morgan fingerprint density at radius 2 is 2.10 bits per heavy atom. The van der Waals surface area contributed by atoms with Gasteiger partial charge in [0.05, 0.1) is 11.6 Å². The summed E-state index contributed by atoms with van der Waals surface area (Å²) < 4.78 is 38.4. The Morgan fingerprint density at radius 3 is 2.81 bits per heavy atom. The number of nitrogen functional groups attached to an aromatic ring is 1. The van der Waals surface area contributed by atoms with Crippen LogP contribution >= 0.6 is 0 Å². The van der Waals surface area contributed by atoms with Crippen molar-refractivity contribution in [3.8, 4) is 0 Å². The Balaban J connectivity index is 1.84. The molecule has 1 aromatic heterocycles. The van der Waals surface area contributed by atoms with Crippen molar-refractivity contribution in [3.05, 3.63) is 17.7 Å². The number of urea groups is 1. The molecule has 0 radical (unpaired) electrons. The molecular weight excluding hydrogens is 287 g/mol. The number of nitrogens with one attached hydrogen (secondary N) is 1. The minimum atomic E-state index is -4.46. The van der Waals surface area contributed by atoms with Gasteiger partial charge in [0.1, 0.15) is 11.6 Å². The van der Waals surface area contributed by atoms with Gasteiger partial charge in [-0.15, -0.1) is 0 Å². The summed E-state index contributed by atoms with van der Waals surface area (Å²) in [7, 11) is 0. The second-order valence-electron chi connectivity index (χ2n) is 5.12. The average Bonchev–Trinajstić information content (AvgIpc) is 2.78. The Kier molecular flexibility index (Phi) is 3.07. The van der Waals surface area contributed by atoms with Crippen LogP contribution in [-0.2, 0) is 6.18 Å². The maximum Gasteiger partial charge on any atom is 0.416 e. The highest BCUT2D eigenvalue weighted by Crippen LogP contribution is 2.32. The standard InChI is InChI=1S/C12H14F3N5O/c13-12(14,15)7-3-9(16)18-10(4-7)19-1-2-20-8(6-19)5-17-11(20)21/h3-4,8H,1-2,5-6H2,(H2,16,18)(H,17,21). The van der Waals surface area contributed by atoms with E-state index in [1.165, 1.54) is 0 Å². The average molecular weight is 301 g/mol. The number of aromatic nitrogens is 1. The molecule has 6 nitrogen and oxygen atoms in total. The van der Waals surface area contributed by atoms with Crippen LogP contribution in [0.5, 0.6) is 0 Å². The predicted molar refractivity (Wildman–Crippen MR) is 69.8 cm³/mol. The predicted octanol–water partition coefficient (Wildman–Crippen LogP) is 0.896. The van der Waals surface area contributed by atoms with E-state index in [0.717, 1.165) is 12.1 Å². The molecule has 3 heterocycles. The molecule has 0 saturated carbocycles. The van der Waals surface area contributed by atoms with Crippen LogP contribution < -0.4 is 16.0 Å². The topological polar surface area (TPSA) is 74.5 Å². The zero-order valence-corrected chi connectivity index (χ0v) is 11.0. The molecule has 1 atom stereocenters. The number of nitrogens with zero attached hydrogens (tertiary/aromatic N) is 3. The van der Waals surface area contributed by atoms with Crippen LogP contribution in [0.25, 0.3) is 0 Å². The summed E-state index contributed by atoms with van der Waals surface area (Å²) in [6.45, 7) is 1.81. The lowest BCUT2D eigenvalue weighted by Gasteiger charge is -2.37. The number of piperazine rings is 1. The molecule has 0 bridgehead atoms. The molecule has 0 aliphatic carbocycles. The molecule has 0 spiro atoms. The third-order valence-electron chi connectivity index (χ3n) is 3.72. The smallest absolute Gasteiger partial charge is 0.384 e. The number of fused-ring (bicyclic) bond motifs is 1. The van der Waals surface area contributed by atoms with Gasteiger partial charge in [0.25, 0.3) is 0 Å². The Hall–Kier alpha value is -2.19.